The van der Waals surface area contributed by atoms with Gasteiger partial charge in [0.2, 0.25) is 11.8 Å². The third-order valence-electron chi connectivity index (χ3n) is 5.72. The number of rotatable bonds is 5. The Bertz CT molecular complexity index is 1080. The molecule has 1 saturated heterocycles. The summed E-state index contributed by atoms with van der Waals surface area (Å²) in [6.07, 6.45) is 3.29. The summed E-state index contributed by atoms with van der Waals surface area (Å²) < 4.78 is 5.08. The Kier molecular flexibility index (Phi) is 6.48. The smallest absolute Gasteiger partial charge is 0.338 e. The van der Waals surface area contributed by atoms with Gasteiger partial charge in [0, 0.05) is 5.69 Å². The number of imide groups is 1. The summed E-state index contributed by atoms with van der Waals surface area (Å²) in [5.74, 6) is -2.29. The van der Waals surface area contributed by atoms with Crippen LogP contribution in [0.15, 0.2) is 42.5 Å². The summed E-state index contributed by atoms with van der Waals surface area (Å²) in [4.78, 5) is 51.3. The maximum atomic E-state index is 12.8. The van der Waals surface area contributed by atoms with Gasteiger partial charge >= 0.3 is 5.97 Å². The van der Waals surface area contributed by atoms with E-state index in [-0.39, 0.29) is 34.2 Å². The Morgan fingerprint density at radius 3 is 2.31 bits per heavy atom. The van der Waals surface area contributed by atoms with Gasteiger partial charge < -0.3 is 10.1 Å². The normalized spacial score (nSPS) is 20.1. The van der Waals surface area contributed by atoms with E-state index in [9.17, 15) is 19.2 Å². The van der Waals surface area contributed by atoms with E-state index in [1.165, 1.54) is 29.2 Å². The van der Waals surface area contributed by atoms with Crippen LogP contribution in [-0.4, -0.2) is 30.3 Å². The molecule has 2 atom stereocenters. The summed E-state index contributed by atoms with van der Waals surface area (Å²) in [5, 5.41) is 3.19. The topological polar surface area (TPSA) is 92.8 Å². The molecule has 9 heteroatoms. The number of nitrogens with zero attached hydrogens (tertiary/aromatic N) is 1. The lowest BCUT2D eigenvalue weighted by Crippen LogP contribution is -2.31. The molecule has 0 aromatic heterocycles. The molecule has 0 radical (unpaired) electrons. The van der Waals surface area contributed by atoms with Crippen molar-refractivity contribution in [1.82, 2.24) is 0 Å². The highest BCUT2D eigenvalue weighted by atomic mass is 35.5. The molecule has 166 valence electrons. The first kappa shape index (κ1) is 22.3. The molecule has 2 aliphatic rings. The number of nitrogens with one attached hydrogen (secondary N) is 1. The van der Waals surface area contributed by atoms with Gasteiger partial charge in [-0.2, -0.15) is 0 Å². The van der Waals surface area contributed by atoms with Crippen LogP contribution >= 0.6 is 23.2 Å². The molecule has 2 aromatic carbocycles. The van der Waals surface area contributed by atoms with Gasteiger partial charge in [0.15, 0.2) is 6.61 Å². The molecular formula is C23H20Cl2N2O5. The van der Waals surface area contributed by atoms with Crippen molar-refractivity contribution in [3.63, 3.8) is 0 Å². The summed E-state index contributed by atoms with van der Waals surface area (Å²) in [5.41, 5.74) is 0.888. The molecular weight excluding hydrogens is 455 g/mol. The molecule has 0 unspecified atom stereocenters. The van der Waals surface area contributed by atoms with Crippen LogP contribution in [0.2, 0.25) is 10.0 Å². The van der Waals surface area contributed by atoms with Gasteiger partial charge in [0.25, 0.3) is 5.91 Å². The molecule has 4 rings (SSSR count). The predicted molar refractivity (Wildman–Crippen MR) is 120 cm³/mol. The van der Waals surface area contributed by atoms with Crippen molar-refractivity contribution < 1.29 is 23.9 Å². The number of carbonyl (C=O) groups excluding carboxylic acids is 4. The second kappa shape index (κ2) is 9.30. The average Bonchev–Trinajstić information content (AvgIpc) is 3.05. The number of esters is 1. The van der Waals surface area contributed by atoms with Crippen molar-refractivity contribution in [3.8, 4) is 0 Å². The summed E-state index contributed by atoms with van der Waals surface area (Å²) in [6.45, 7) is -0.519. The fraction of sp³-hybridized carbons (Fsp3) is 0.304. The predicted octanol–water partition coefficient (Wildman–Crippen LogP) is 4.47. The number of benzene rings is 2. The van der Waals surface area contributed by atoms with Gasteiger partial charge in [-0.05, 0) is 49.2 Å². The zero-order valence-corrected chi connectivity index (χ0v) is 18.5. The third kappa shape index (κ3) is 4.49. The van der Waals surface area contributed by atoms with Crippen molar-refractivity contribution in [1.29, 1.82) is 0 Å². The first-order chi connectivity index (χ1) is 15.3. The lowest BCUT2D eigenvalue weighted by atomic mass is 9.81. The van der Waals surface area contributed by atoms with Crippen molar-refractivity contribution in [2.75, 3.05) is 16.8 Å². The van der Waals surface area contributed by atoms with Crippen LogP contribution in [0.1, 0.15) is 36.0 Å². The third-order valence-corrected chi connectivity index (χ3v) is 6.46. The number of anilines is 2. The van der Waals surface area contributed by atoms with E-state index in [0.29, 0.717) is 29.2 Å². The lowest BCUT2D eigenvalue weighted by molar-refractivity contribution is -0.122. The van der Waals surface area contributed by atoms with E-state index < -0.39 is 18.5 Å². The van der Waals surface area contributed by atoms with Crippen molar-refractivity contribution in [2.24, 2.45) is 11.8 Å². The Balaban J connectivity index is 1.40. The standard InChI is InChI=1S/C23H20Cl2N2O5/c24-18-9-8-14(11-19(18)25)26-20(28)12-32-23(31)13-4-3-5-15(10-13)27-21(29)16-6-1-2-7-17(16)22(27)30/h3-5,8-11,16-17H,1-2,6-7,12H2,(H,26,28)/t16-,17-/m0/s1. The Morgan fingerprint density at radius 2 is 1.66 bits per heavy atom. The number of amides is 3. The number of ether oxygens (including phenoxy) is 1. The second-order valence-corrected chi connectivity index (χ2v) is 8.63. The highest BCUT2D eigenvalue weighted by Crippen LogP contribution is 2.40. The van der Waals surface area contributed by atoms with E-state index in [1.807, 2.05) is 0 Å². The van der Waals surface area contributed by atoms with Crippen LogP contribution in [-0.2, 0) is 19.1 Å². The molecule has 1 aliphatic carbocycles. The largest absolute Gasteiger partial charge is 0.452 e. The second-order valence-electron chi connectivity index (χ2n) is 7.81. The minimum atomic E-state index is -0.743. The Morgan fingerprint density at radius 1 is 0.969 bits per heavy atom. The van der Waals surface area contributed by atoms with Crippen molar-refractivity contribution >= 4 is 58.3 Å². The molecule has 7 nitrogen and oxygen atoms in total. The Labute approximate surface area is 194 Å². The van der Waals surface area contributed by atoms with Gasteiger partial charge in [0.05, 0.1) is 33.1 Å². The van der Waals surface area contributed by atoms with Crippen LogP contribution in [0.5, 0.6) is 0 Å². The monoisotopic (exact) mass is 474 g/mol. The quantitative estimate of drug-likeness (QED) is 0.509. The summed E-state index contributed by atoms with van der Waals surface area (Å²) >= 11 is 11.8. The molecule has 2 aromatic rings. The molecule has 1 heterocycles. The van der Waals surface area contributed by atoms with Gasteiger partial charge in [0.1, 0.15) is 0 Å². The highest BCUT2D eigenvalue weighted by molar-refractivity contribution is 6.42. The average molecular weight is 475 g/mol. The van der Waals surface area contributed by atoms with E-state index in [1.54, 1.807) is 18.2 Å². The first-order valence-electron chi connectivity index (χ1n) is 10.2. The zero-order chi connectivity index (χ0) is 22.8. The van der Waals surface area contributed by atoms with E-state index >= 15 is 0 Å². The summed E-state index contributed by atoms with van der Waals surface area (Å²) in [7, 11) is 0. The van der Waals surface area contributed by atoms with E-state index in [4.69, 9.17) is 27.9 Å². The number of halogens is 2. The van der Waals surface area contributed by atoms with Gasteiger partial charge in [-0.3, -0.25) is 19.3 Å². The maximum absolute atomic E-state index is 12.8. The number of hydrogen-bond donors (Lipinski definition) is 1. The van der Waals surface area contributed by atoms with Crippen LogP contribution in [0.25, 0.3) is 0 Å². The van der Waals surface area contributed by atoms with Crippen LogP contribution in [0.4, 0.5) is 11.4 Å². The molecule has 1 saturated carbocycles. The van der Waals surface area contributed by atoms with E-state index in [2.05, 4.69) is 5.32 Å². The molecule has 0 spiro atoms. The first-order valence-corrected chi connectivity index (χ1v) is 11.0. The van der Waals surface area contributed by atoms with Gasteiger partial charge in [-0.1, -0.05) is 42.1 Å². The molecule has 3 amide bonds. The minimum Gasteiger partial charge on any atom is -0.452 e. The number of carbonyl (C=O) groups is 4. The van der Waals surface area contributed by atoms with Crippen molar-refractivity contribution in [3.05, 3.63) is 58.1 Å². The Hall–Kier alpha value is -2.90. The fourth-order valence-electron chi connectivity index (χ4n) is 4.17. The van der Waals surface area contributed by atoms with Crippen LogP contribution < -0.4 is 10.2 Å². The molecule has 2 fully saturated rings. The molecule has 32 heavy (non-hydrogen) atoms. The highest BCUT2D eigenvalue weighted by Gasteiger charge is 2.48. The zero-order valence-electron chi connectivity index (χ0n) is 17.0. The number of hydrogen-bond acceptors (Lipinski definition) is 5. The maximum Gasteiger partial charge on any atom is 0.338 e. The number of fused-ring (bicyclic) bond motifs is 1. The van der Waals surface area contributed by atoms with Crippen molar-refractivity contribution in [2.45, 2.75) is 25.7 Å². The lowest BCUT2D eigenvalue weighted by Gasteiger charge is -2.19. The van der Waals surface area contributed by atoms with Gasteiger partial charge in [-0.25, -0.2) is 4.79 Å². The minimum absolute atomic E-state index is 0.139. The van der Waals surface area contributed by atoms with Crippen LogP contribution in [0, 0.1) is 11.8 Å². The summed E-state index contributed by atoms with van der Waals surface area (Å²) in [6, 6.07) is 10.7. The molecule has 1 aliphatic heterocycles. The molecule has 0 bridgehead atoms. The fourth-order valence-corrected chi connectivity index (χ4v) is 4.47. The SMILES string of the molecule is O=C(COC(=O)c1cccc(N2C(=O)[C@H]3CCCC[C@@H]3C2=O)c1)Nc1ccc(Cl)c(Cl)c1. The van der Waals surface area contributed by atoms with Gasteiger partial charge in [-0.15, -0.1) is 0 Å². The van der Waals surface area contributed by atoms with E-state index in [0.717, 1.165) is 12.8 Å². The molecule has 1 N–H and O–H groups in total. The van der Waals surface area contributed by atoms with Crippen LogP contribution in [0.3, 0.4) is 0 Å².